The van der Waals surface area contributed by atoms with Crippen molar-refractivity contribution in [2.24, 2.45) is 35.1 Å². The van der Waals surface area contributed by atoms with E-state index in [0.717, 1.165) is 48.3 Å². The van der Waals surface area contributed by atoms with E-state index in [1.807, 2.05) is 37.3 Å². The van der Waals surface area contributed by atoms with Crippen molar-refractivity contribution >= 4 is 35.8 Å². The third-order valence-corrected chi connectivity index (χ3v) is 10.4. The van der Waals surface area contributed by atoms with E-state index >= 15 is 0 Å². The van der Waals surface area contributed by atoms with Crippen molar-refractivity contribution in [1.29, 1.82) is 0 Å². The number of nitrogens with two attached hydrogens (primary N) is 2. The number of tetrazole rings is 1. The molecule has 3 heterocycles. The number of aromatic nitrogens is 5. The average molecular weight is 699 g/mol. The summed E-state index contributed by atoms with van der Waals surface area (Å²) >= 11 is 0. The fraction of sp³-hybridized carbons (Fsp3) is 0.417. The molecule has 3 amide bonds. The van der Waals surface area contributed by atoms with Crippen LogP contribution in [-0.4, -0.2) is 75.0 Å². The summed E-state index contributed by atoms with van der Waals surface area (Å²) in [5.74, 6) is 0.763. The molecule has 14 heteroatoms. The van der Waals surface area contributed by atoms with E-state index in [-0.39, 0.29) is 42.6 Å². The Balaban J connectivity index is 0.00000432. The molecule has 2 unspecified atom stereocenters. The minimum Gasteiger partial charge on any atom is -0.347 e. The molecule has 262 valence electrons. The van der Waals surface area contributed by atoms with Gasteiger partial charge in [0.15, 0.2) is 0 Å². The van der Waals surface area contributed by atoms with Gasteiger partial charge >= 0.3 is 0 Å². The van der Waals surface area contributed by atoms with Crippen LogP contribution in [0.2, 0.25) is 0 Å². The van der Waals surface area contributed by atoms with Crippen LogP contribution < -0.4 is 27.0 Å². The third kappa shape index (κ3) is 7.31. The van der Waals surface area contributed by atoms with Crippen LogP contribution >= 0.6 is 12.4 Å². The number of H-pyrrole nitrogens is 1. The SMILES string of the molecule is Cc1nc(C(=O)NC2C3CNCC32)ccc1-c1ccc(C[C@H](N)C(=O)N(C(=O)C2CCC(CN)CC2)c2ccc(-c3nn[nH]n3)cc2)cc1.Cl. The summed E-state index contributed by atoms with van der Waals surface area (Å²) in [6.45, 7) is 4.41. The van der Waals surface area contributed by atoms with Gasteiger partial charge in [0.1, 0.15) is 5.69 Å². The molecule has 0 spiro atoms. The maximum Gasteiger partial charge on any atom is 0.270 e. The first-order chi connectivity index (χ1) is 23.8. The van der Waals surface area contributed by atoms with E-state index in [0.29, 0.717) is 59.9 Å². The number of rotatable bonds is 10. The normalized spacial score (nSPS) is 22.9. The first-order valence-corrected chi connectivity index (χ1v) is 17.1. The van der Waals surface area contributed by atoms with Crippen LogP contribution in [0.4, 0.5) is 5.69 Å². The number of nitrogens with one attached hydrogen (secondary N) is 3. The molecule has 2 aromatic heterocycles. The second kappa shape index (κ2) is 15.1. The summed E-state index contributed by atoms with van der Waals surface area (Å²) in [7, 11) is 0. The molecule has 13 nitrogen and oxygen atoms in total. The van der Waals surface area contributed by atoms with Gasteiger partial charge in [-0.25, -0.2) is 9.88 Å². The lowest BCUT2D eigenvalue weighted by Crippen LogP contribution is -2.50. The van der Waals surface area contributed by atoms with Gasteiger partial charge in [0.05, 0.1) is 11.7 Å². The molecule has 7 N–H and O–H groups in total. The second-order valence-electron chi connectivity index (χ2n) is 13.6. The molecular formula is C36H43ClN10O3. The van der Waals surface area contributed by atoms with Crippen molar-refractivity contribution in [3.8, 4) is 22.5 Å². The number of nitrogens with zero attached hydrogens (tertiary/aromatic N) is 5. The summed E-state index contributed by atoms with van der Waals surface area (Å²) in [6.07, 6.45) is 3.32. The maximum atomic E-state index is 14.0. The first kappa shape index (κ1) is 35.3. The van der Waals surface area contributed by atoms with Gasteiger partial charge in [0, 0.05) is 41.9 Å². The third-order valence-electron chi connectivity index (χ3n) is 10.4. The van der Waals surface area contributed by atoms with Crippen LogP contribution in [0.15, 0.2) is 60.7 Å². The molecule has 3 fully saturated rings. The Morgan fingerprint density at radius 2 is 1.62 bits per heavy atom. The number of carbonyl (C=O) groups is 3. The lowest BCUT2D eigenvalue weighted by molar-refractivity contribution is -0.130. The Morgan fingerprint density at radius 3 is 2.24 bits per heavy atom. The zero-order valence-electron chi connectivity index (χ0n) is 27.9. The summed E-state index contributed by atoms with van der Waals surface area (Å²) in [6, 6.07) is 17.7. The highest BCUT2D eigenvalue weighted by atomic mass is 35.5. The Bertz CT molecular complexity index is 1800. The smallest absolute Gasteiger partial charge is 0.270 e. The number of pyridine rings is 1. The van der Waals surface area contributed by atoms with E-state index in [2.05, 4.69) is 36.2 Å². The number of piperidine rings is 1. The fourth-order valence-corrected chi connectivity index (χ4v) is 7.41. The van der Waals surface area contributed by atoms with Gasteiger partial charge in [0.2, 0.25) is 11.7 Å². The number of halogens is 1. The van der Waals surface area contributed by atoms with Gasteiger partial charge in [-0.15, -0.1) is 22.6 Å². The number of aryl methyl sites for hydroxylation is 1. The zero-order chi connectivity index (χ0) is 34.1. The number of amides is 3. The van der Waals surface area contributed by atoms with Crippen molar-refractivity contribution in [3.63, 3.8) is 0 Å². The van der Waals surface area contributed by atoms with Crippen LogP contribution in [0.5, 0.6) is 0 Å². The Hall–Kier alpha value is -4.56. The highest BCUT2D eigenvalue weighted by Crippen LogP contribution is 2.41. The van der Waals surface area contributed by atoms with E-state index in [1.165, 1.54) is 4.90 Å². The van der Waals surface area contributed by atoms with E-state index in [4.69, 9.17) is 11.5 Å². The molecular weight excluding hydrogens is 656 g/mol. The van der Waals surface area contributed by atoms with Gasteiger partial charge in [0.25, 0.3) is 11.8 Å². The lowest BCUT2D eigenvalue weighted by atomic mass is 9.81. The summed E-state index contributed by atoms with van der Waals surface area (Å²) in [5.41, 5.74) is 17.5. The van der Waals surface area contributed by atoms with Gasteiger partial charge in [-0.1, -0.05) is 30.3 Å². The van der Waals surface area contributed by atoms with Crippen molar-refractivity contribution in [3.05, 3.63) is 77.6 Å². The molecule has 7 rings (SSSR count). The number of hydrogen-bond donors (Lipinski definition) is 5. The topological polar surface area (TPSA) is 198 Å². The predicted octanol–water partition coefficient (Wildman–Crippen LogP) is 2.80. The zero-order valence-corrected chi connectivity index (χ0v) is 28.7. The molecule has 0 bridgehead atoms. The van der Waals surface area contributed by atoms with Crippen LogP contribution in [0.3, 0.4) is 0 Å². The molecule has 0 radical (unpaired) electrons. The van der Waals surface area contributed by atoms with Crippen LogP contribution in [-0.2, 0) is 16.0 Å². The summed E-state index contributed by atoms with van der Waals surface area (Å²) in [4.78, 5) is 46.6. The quantitative estimate of drug-likeness (QED) is 0.164. The number of carbonyl (C=O) groups excluding carboxylic acids is 3. The Morgan fingerprint density at radius 1 is 0.940 bits per heavy atom. The monoisotopic (exact) mass is 698 g/mol. The number of fused-ring (bicyclic) bond motifs is 1. The van der Waals surface area contributed by atoms with E-state index in [9.17, 15) is 14.4 Å². The first-order valence-electron chi connectivity index (χ1n) is 17.1. The minimum absolute atomic E-state index is 0. The molecule has 3 atom stereocenters. The Kier molecular flexibility index (Phi) is 10.7. The van der Waals surface area contributed by atoms with Crippen molar-refractivity contribution in [1.82, 2.24) is 36.2 Å². The summed E-state index contributed by atoms with van der Waals surface area (Å²) in [5, 5.41) is 20.5. The molecule has 2 saturated carbocycles. The van der Waals surface area contributed by atoms with Gasteiger partial charge in [-0.05, 0) is 110 Å². The van der Waals surface area contributed by atoms with Crippen molar-refractivity contribution in [2.45, 2.75) is 51.1 Å². The minimum atomic E-state index is -0.949. The van der Waals surface area contributed by atoms with Gasteiger partial charge < -0.3 is 22.1 Å². The number of hydrogen-bond acceptors (Lipinski definition) is 10. The molecule has 50 heavy (non-hydrogen) atoms. The van der Waals surface area contributed by atoms with Crippen molar-refractivity contribution < 1.29 is 14.4 Å². The number of anilines is 1. The maximum absolute atomic E-state index is 14.0. The lowest BCUT2D eigenvalue weighted by Gasteiger charge is -2.32. The van der Waals surface area contributed by atoms with Crippen LogP contribution in [0.1, 0.15) is 47.4 Å². The molecule has 2 aliphatic carbocycles. The highest BCUT2D eigenvalue weighted by molar-refractivity contribution is 6.17. The Labute approximate surface area is 296 Å². The van der Waals surface area contributed by atoms with Crippen molar-refractivity contribution in [2.75, 3.05) is 24.5 Å². The highest BCUT2D eigenvalue weighted by Gasteiger charge is 2.53. The summed E-state index contributed by atoms with van der Waals surface area (Å²) < 4.78 is 0. The molecule has 4 aromatic rings. The predicted molar refractivity (Wildman–Crippen MR) is 191 cm³/mol. The van der Waals surface area contributed by atoms with Gasteiger partial charge in [-0.3, -0.25) is 14.4 Å². The molecule has 1 aliphatic heterocycles. The number of benzene rings is 2. The second-order valence-corrected chi connectivity index (χ2v) is 13.6. The van der Waals surface area contributed by atoms with E-state index < -0.39 is 11.9 Å². The molecule has 1 saturated heterocycles. The average Bonchev–Trinajstić information content (AvgIpc) is 3.52. The molecule has 2 aromatic carbocycles. The number of imide groups is 1. The van der Waals surface area contributed by atoms with Crippen LogP contribution in [0.25, 0.3) is 22.5 Å². The largest absolute Gasteiger partial charge is 0.347 e. The molecule has 3 aliphatic rings. The number of aromatic amines is 1. The van der Waals surface area contributed by atoms with Gasteiger partial charge in [-0.2, -0.15) is 5.21 Å². The standard InChI is InChI=1S/C36H42N10O3.ClH/c1-20-27(14-15-31(40-20)34(47)41-32-28-18-39-19-29(28)32)23-6-2-21(3-7-23)16-30(38)36(49)46(35(48)25-8-4-22(17-37)5-9-25)26-12-10-24(11-13-26)33-42-44-45-43-33;/h2-3,6-7,10-15,22,25,28-30,32,39H,4-5,8-9,16-19,37-38H2,1H3,(H,41,47)(H,42,43,44,45);1H/t22?,25?,28?,29?,30-,32?;/m0./s1. The van der Waals surface area contributed by atoms with E-state index in [1.54, 1.807) is 30.3 Å². The van der Waals surface area contributed by atoms with Crippen LogP contribution in [0, 0.1) is 30.6 Å². The fourth-order valence-electron chi connectivity index (χ4n) is 7.41.